The monoisotopic (exact) mass is 398 g/mol. The number of benzene rings is 2. The topological polar surface area (TPSA) is 86.1 Å². The fourth-order valence-electron chi connectivity index (χ4n) is 2.99. The molecule has 3 aromatic rings. The van der Waals surface area contributed by atoms with Gasteiger partial charge in [-0.2, -0.15) is 5.26 Å². The summed E-state index contributed by atoms with van der Waals surface area (Å²) in [6.45, 7) is 4.37. The molecule has 30 heavy (non-hydrogen) atoms. The summed E-state index contributed by atoms with van der Waals surface area (Å²) < 4.78 is 0. The van der Waals surface area contributed by atoms with Crippen molar-refractivity contribution in [2.75, 3.05) is 5.32 Å². The highest BCUT2D eigenvalue weighted by atomic mass is 16.2. The number of hydrogen-bond acceptors (Lipinski definition) is 4. The quantitative estimate of drug-likeness (QED) is 0.672. The molecule has 2 amide bonds. The maximum atomic E-state index is 13.1. The Morgan fingerprint density at radius 3 is 2.47 bits per heavy atom. The molecule has 0 saturated heterocycles. The zero-order valence-corrected chi connectivity index (χ0v) is 16.9. The first-order valence-electron chi connectivity index (χ1n) is 9.59. The SMILES string of the molecule is CC(C)N(Cc1ccccc1)C(=O)c1cncc(C(=O)Nc2cccc(C#N)c2)c1. The summed E-state index contributed by atoms with van der Waals surface area (Å²) in [5, 5.41) is 11.7. The Hall–Kier alpha value is -3.98. The average Bonchev–Trinajstić information content (AvgIpc) is 2.77. The lowest BCUT2D eigenvalue weighted by atomic mass is 10.1. The van der Waals surface area contributed by atoms with E-state index in [0.29, 0.717) is 23.4 Å². The van der Waals surface area contributed by atoms with Gasteiger partial charge in [0.15, 0.2) is 0 Å². The van der Waals surface area contributed by atoms with Crippen molar-refractivity contribution in [1.29, 1.82) is 5.26 Å². The van der Waals surface area contributed by atoms with Gasteiger partial charge in [0.2, 0.25) is 0 Å². The van der Waals surface area contributed by atoms with Gasteiger partial charge < -0.3 is 10.2 Å². The van der Waals surface area contributed by atoms with Crippen LogP contribution in [0.3, 0.4) is 0 Å². The van der Waals surface area contributed by atoms with Crippen LogP contribution < -0.4 is 5.32 Å². The van der Waals surface area contributed by atoms with Crippen LogP contribution in [-0.4, -0.2) is 27.7 Å². The highest BCUT2D eigenvalue weighted by molar-refractivity contribution is 6.05. The molecule has 0 unspecified atom stereocenters. The highest BCUT2D eigenvalue weighted by Gasteiger charge is 2.20. The first-order chi connectivity index (χ1) is 14.5. The lowest BCUT2D eigenvalue weighted by Crippen LogP contribution is -2.36. The van der Waals surface area contributed by atoms with Crippen molar-refractivity contribution in [3.05, 3.63) is 95.3 Å². The lowest BCUT2D eigenvalue weighted by molar-refractivity contribution is 0.0690. The average molecular weight is 398 g/mol. The molecule has 0 fully saturated rings. The van der Waals surface area contributed by atoms with Crippen LogP contribution in [-0.2, 0) is 6.54 Å². The minimum atomic E-state index is -0.397. The Kier molecular flexibility index (Phi) is 6.56. The number of pyridine rings is 1. The van der Waals surface area contributed by atoms with E-state index in [4.69, 9.17) is 5.26 Å². The summed E-state index contributed by atoms with van der Waals surface area (Å²) in [6.07, 6.45) is 2.88. The predicted octanol–water partition coefficient (Wildman–Crippen LogP) is 4.26. The smallest absolute Gasteiger partial charge is 0.257 e. The van der Waals surface area contributed by atoms with Gasteiger partial charge in [-0.15, -0.1) is 0 Å². The van der Waals surface area contributed by atoms with Crippen molar-refractivity contribution in [3.63, 3.8) is 0 Å². The third-order valence-corrected chi connectivity index (χ3v) is 4.58. The highest BCUT2D eigenvalue weighted by Crippen LogP contribution is 2.16. The third kappa shape index (κ3) is 5.09. The van der Waals surface area contributed by atoms with E-state index >= 15 is 0 Å². The normalized spacial score (nSPS) is 10.3. The van der Waals surface area contributed by atoms with Crippen LogP contribution in [0.4, 0.5) is 5.69 Å². The summed E-state index contributed by atoms with van der Waals surface area (Å²) in [5.41, 5.74) is 2.59. The number of nitrogens with zero attached hydrogens (tertiary/aromatic N) is 3. The minimum Gasteiger partial charge on any atom is -0.332 e. The van der Waals surface area contributed by atoms with E-state index in [1.165, 1.54) is 12.4 Å². The second-order valence-corrected chi connectivity index (χ2v) is 7.12. The molecule has 0 radical (unpaired) electrons. The number of hydrogen-bond donors (Lipinski definition) is 1. The van der Waals surface area contributed by atoms with Gasteiger partial charge in [0, 0.05) is 30.7 Å². The Balaban J connectivity index is 1.79. The third-order valence-electron chi connectivity index (χ3n) is 4.58. The van der Waals surface area contributed by atoms with Crippen molar-refractivity contribution in [1.82, 2.24) is 9.88 Å². The number of amides is 2. The van der Waals surface area contributed by atoms with Gasteiger partial charge in [0.25, 0.3) is 11.8 Å². The summed E-state index contributed by atoms with van der Waals surface area (Å²) in [5.74, 6) is -0.589. The number of nitriles is 1. The van der Waals surface area contributed by atoms with E-state index in [1.54, 1.807) is 35.2 Å². The maximum Gasteiger partial charge on any atom is 0.257 e. The molecule has 2 aromatic carbocycles. The Morgan fingerprint density at radius 2 is 1.77 bits per heavy atom. The van der Waals surface area contributed by atoms with E-state index in [1.807, 2.05) is 50.2 Å². The first kappa shape index (κ1) is 20.7. The van der Waals surface area contributed by atoms with Crippen LogP contribution in [0.25, 0.3) is 0 Å². The van der Waals surface area contributed by atoms with Crippen LogP contribution in [0.2, 0.25) is 0 Å². The molecule has 0 atom stereocenters. The Bertz CT molecular complexity index is 1090. The predicted molar refractivity (Wildman–Crippen MR) is 115 cm³/mol. The molecule has 1 N–H and O–H groups in total. The van der Waals surface area contributed by atoms with E-state index < -0.39 is 5.91 Å². The molecule has 0 aliphatic rings. The molecule has 1 heterocycles. The van der Waals surface area contributed by atoms with Crippen molar-refractivity contribution in [2.24, 2.45) is 0 Å². The van der Waals surface area contributed by atoms with Gasteiger partial charge in [0.1, 0.15) is 0 Å². The fourth-order valence-corrected chi connectivity index (χ4v) is 2.99. The zero-order valence-electron chi connectivity index (χ0n) is 16.9. The van der Waals surface area contributed by atoms with Crippen LogP contribution in [0.1, 0.15) is 45.7 Å². The van der Waals surface area contributed by atoms with Gasteiger partial charge in [0.05, 0.1) is 22.8 Å². The summed E-state index contributed by atoms with van der Waals surface area (Å²) in [6, 6.07) is 19.9. The molecule has 6 nitrogen and oxygen atoms in total. The van der Waals surface area contributed by atoms with Crippen molar-refractivity contribution < 1.29 is 9.59 Å². The van der Waals surface area contributed by atoms with Crippen molar-refractivity contribution in [3.8, 4) is 6.07 Å². The van der Waals surface area contributed by atoms with Crippen molar-refractivity contribution >= 4 is 17.5 Å². The number of anilines is 1. The zero-order chi connectivity index (χ0) is 21.5. The fraction of sp³-hybridized carbons (Fsp3) is 0.167. The van der Waals surface area contributed by atoms with E-state index in [2.05, 4.69) is 10.3 Å². The number of carbonyl (C=O) groups excluding carboxylic acids is 2. The molecule has 0 bridgehead atoms. The Labute approximate surface area is 175 Å². The molecule has 0 aliphatic heterocycles. The maximum absolute atomic E-state index is 13.1. The number of aromatic nitrogens is 1. The van der Waals surface area contributed by atoms with E-state index in [-0.39, 0.29) is 17.5 Å². The van der Waals surface area contributed by atoms with E-state index in [9.17, 15) is 9.59 Å². The molecular formula is C24H22N4O2. The van der Waals surface area contributed by atoms with Crippen LogP contribution >= 0.6 is 0 Å². The van der Waals surface area contributed by atoms with Gasteiger partial charge in [-0.3, -0.25) is 14.6 Å². The van der Waals surface area contributed by atoms with E-state index in [0.717, 1.165) is 5.56 Å². The first-order valence-corrected chi connectivity index (χ1v) is 9.59. The molecule has 6 heteroatoms. The van der Waals surface area contributed by atoms with Gasteiger partial charge in [-0.25, -0.2) is 0 Å². The molecule has 150 valence electrons. The molecule has 0 spiro atoms. The van der Waals surface area contributed by atoms with Crippen LogP contribution in [0, 0.1) is 11.3 Å². The second kappa shape index (κ2) is 9.48. The number of carbonyl (C=O) groups is 2. The molecule has 1 aromatic heterocycles. The van der Waals surface area contributed by atoms with Gasteiger partial charge in [-0.1, -0.05) is 36.4 Å². The summed E-state index contributed by atoms with van der Waals surface area (Å²) in [4.78, 5) is 31.6. The van der Waals surface area contributed by atoms with Crippen LogP contribution in [0.15, 0.2) is 73.1 Å². The molecule has 0 aliphatic carbocycles. The second-order valence-electron chi connectivity index (χ2n) is 7.12. The molecule has 0 saturated carbocycles. The van der Waals surface area contributed by atoms with Gasteiger partial charge >= 0.3 is 0 Å². The van der Waals surface area contributed by atoms with Crippen molar-refractivity contribution in [2.45, 2.75) is 26.4 Å². The van der Waals surface area contributed by atoms with Crippen LogP contribution in [0.5, 0.6) is 0 Å². The largest absolute Gasteiger partial charge is 0.332 e. The Morgan fingerprint density at radius 1 is 1.03 bits per heavy atom. The minimum absolute atomic E-state index is 0.0242. The number of nitrogens with one attached hydrogen (secondary N) is 1. The lowest BCUT2D eigenvalue weighted by Gasteiger charge is -2.27. The molecule has 3 rings (SSSR count). The number of rotatable bonds is 6. The molecular weight excluding hydrogens is 376 g/mol. The standard InChI is InChI=1S/C24H22N4O2/c1-17(2)28(16-18-7-4-3-5-8-18)24(30)21-12-20(14-26-15-21)23(29)27-22-10-6-9-19(11-22)13-25/h3-12,14-15,17H,16H2,1-2H3,(H,27,29). The summed E-state index contributed by atoms with van der Waals surface area (Å²) in [7, 11) is 0. The van der Waals surface area contributed by atoms with Gasteiger partial charge in [-0.05, 0) is 43.7 Å². The summed E-state index contributed by atoms with van der Waals surface area (Å²) >= 11 is 0.